The average molecular weight is 404 g/mol. The maximum Gasteiger partial charge on any atom is 0.242 e. The van der Waals surface area contributed by atoms with Crippen molar-refractivity contribution in [2.24, 2.45) is 0 Å². The normalized spacial score (nSPS) is 12.5. The number of hydrogen-bond donors (Lipinski definition) is 3. The molecule has 0 radical (unpaired) electrons. The highest BCUT2D eigenvalue weighted by atomic mass is 79.9. The molecule has 0 aromatic heterocycles. The summed E-state index contributed by atoms with van der Waals surface area (Å²) in [4.78, 5) is -0.244. The lowest BCUT2D eigenvalue weighted by atomic mass is 10.3. The molecule has 1 aromatic carbocycles. The number of rotatable bonds is 7. The van der Waals surface area contributed by atoms with Crippen LogP contribution in [0.1, 0.15) is 6.42 Å². The fourth-order valence-corrected chi connectivity index (χ4v) is 3.63. The molecule has 0 aliphatic carbocycles. The maximum absolute atomic E-state index is 13.2. The largest absolute Gasteiger partial charge is 0.398 e. The van der Waals surface area contributed by atoms with Gasteiger partial charge in [0.05, 0.1) is 16.4 Å². The van der Waals surface area contributed by atoms with Crippen molar-refractivity contribution >= 4 is 41.7 Å². The van der Waals surface area contributed by atoms with Gasteiger partial charge in [-0.1, -0.05) is 0 Å². The zero-order valence-electron chi connectivity index (χ0n) is 11.1. The van der Waals surface area contributed by atoms with Gasteiger partial charge in [0.25, 0.3) is 0 Å². The lowest BCUT2D eigenvalue weighted by Crippen LogP contribution is -2.29. The van der Waals surface area contributed by atoms with Gasteiger partial charge in [0.1, 0.15) is 10.7 Å². The minimum atomic E-state index is -3.90. The standard InChI is InChI=1S/C10H15BrFN3O4S2/c1-20(16,17)14-3-2-4-15-21(18,19)10-5-7(11)8(12)6-9(10)13/h5-6,14-15H,2-4,13H2,1H3. The van der Waals surface area contributed by atoms with Crippen molar-refractivity contribution in [3.05, 3.63) is 22.4 Å². The average Bonchev–Trinajstić information content (AvgIpc) is 2.31. The first kappa shape index (κ1) is 18.3. The summed E-state index contributed by atoms with van der Waals surface area (Å²) in [5.74, 6) is -0.663. The van der Waals surface area contributed by atoms with Crippen LogP contribution in [0.3, 0.4) is 0 Å². The van der Waals surface area contributed by atoms with Crippen molar-refractivity contribution in [2.75, 3.05) is 25.1 Å². The maximum atomic E-state index is 13.2. The monoisotopic (exact) mass is 403 g/mol. The van der Waals surface area contributed by atoms with Crippen molar-refractivity contribution in [2.45, 2.75) is 11.3 Å². The molecule has 0 saturated heterocycles. The summed E-state index contributed by atoms with van der Waals surface area (Å²) in [7, 11) is -7.20. The number of benzene rings is 1. The van der Waals surface area contributed by atoms with Gasteiger partial charge in [-0.05, 0) is 34.5 Å². The molecule has 0 saturated carbocycles. The molecule has 4 N–H and O–H groups in total. The highest BCUT2D eigenvalue weighted by Gasteiger charge is 2.19. The molecule has 0 heterocycles. The Morgan fingerprint density at radius 1 is 1.19 bits per heavy atom. The Kier molecular flexibility index (Phi) is 6.11. The van der Waals surface area contributed by atoms with E-state index in [1.807, 2.05) is 0 Å². The van der Waals surface area contributed by atoms with E-state index in [1.165, 1.54) is 0 Å². The van der Waals surface area contributed by atoms with Crippen molar-refractivity contribution in [1.82, 2.24) is 9.44 Å². The van der Waals surface area contributed by atoms with Gasteiger partial charge in [-0.15, -0.1) is 0 Å². The van der Waals surface area contributed by atoms with E-state index >= 15 is 0 Å². The van der Waals surface area contributed by atoms with E-state index in [1.54, 1.807) is 0 Å². The summed E-state index contributed by atoms with van der Waals surface area (Å²) in [6.45, 7) is 0.114. The SMILES string of the molecule is CS(=O)(=O)NCCCNS(=O)(=O)c1cc(Br)c(F)cc1N. The third kappa shape index (κ3) is 5.87. The molecule has 0 bridgehead atoms. The van der Waals surface area contributed by atoms with E-state index in [0.717, 1.165) is 18.4 Å². The molecule has 1 rings (SSSR count). The van der Waals surface area contributed by atoms with Crippen LogP contribution in [0, 0.1) is 5.82 Å². The van der Waals surface area contributed by atoms with Crippen molar-refractivity contribution < 1.29 is 21.2 Å². The Labute approximate surface area is 131 Å². The number of nitrogens with one attached hydrogen (secondary N) is 2. The van der Waals surface area contributed by atoms with Gasteiger partial charge in [-0.3, -0.25) is 0 Å². The molecule has 0 atom stereocenters. The lowest BCUT2D eigenvalue weighted by molar-refractivity contribution is 0.574. The van der Waals surface area contributed by atoms with E-state index in [4.69, 9.17) is 5.73 Å². The fraction of sp³-hybridized carbons (Fsp3) is 0.400. The van der Waals surface area contributed by atoms with Gasteiger partial charge < -0.3 is 5.73 Å². The summed E-state index contributed by atoms with van der Waals surface area (Å²) >= 11 is 2.89. The minimum Gasteiger partial charge on any atom is -0.398 e. The van der Waals surface area contributed by atoms with Crippen LogP contribution in [0.15, 0.2) is 21.5 Å². The van der Waals surface area contributed by atoms with E-state index in [0.29, 0.717) is 0 Å². The highest BCUT2D eigenvalue weighted by Crippen LogP contribution is 2.25. The van der Waals surface area contributed by atoms with E-state index in [2.05, 4.69) is 25.4 Å². The number of sulfonamides is 2. The molecule has 0 fully saturated rings. The topological polar surface area (TPSA) is 118 Å². The second-order valence-corrected chi connectivity index (χ2v) is 8.64. The second kappa shape index (κ2) is 7.01. The van der Waals surface area contributed by atoms with Crippen LogP contribution in [0.2, 0.25) is 0 Å². The van der Waals surface area contributed by atoms with Gasteiger partial charge in [0, 0.05) is 13.1 Å². The smallest absolute Gasteiger partial charge is 0.242 e. The van der Waals surface area contributed by atoms with Crippen LogP contribution in [0.25, 0.3) is 0 Å². The molecular weight excluding hydrogens is 389 g/mol. The predicted octanol–water partition coefficient (Wildman–Crippen LogP) is 0.388. The van der Waals surface area contributed by atoms with Gasteiger partial charge in [0.15, 0.2) is 0 Å². The van der Waals surface area contributed by atoms with Crippen LogP contribution >= 0.6 is 15.9 Å². The van der Waals surface area contributed by atoms with Crippen LogP contribution in [0.5, 0.6) is 0 Å². The molecule has 0 aliphatic rings. The highest BCUT2D eigenvalue weighted by molar-refractivity contribution is 9.10. The summed E-state index contributed by atoms with van der Waals surface area (Å²) in [6, 6.07) is 1.98. The minimum absolute atomic E-state index is 0.0132. The summed E-state index contributed by atoms with van der Waals surface area (Å²) < 4.78 is 63.3. The zero-order chi connectivity index (χ0) is 16.3. The Hall–Kier alpha value is -0.750. The van der Waals surface area contributed by atoms with Crippen LogP contribution < -0.4 is 15.2 Å². The number of halogens is 2. The first-order valence-electron chi connectivity index (χ1n) is 5.72. The number of nitrogen functional groups attached to an aromatic ring is 1. The quantitative estimate of drug-likeness (QED) is 0.449. The first-order chi connectivity index (χ1) is 9.53. The first-order valence-corrected chi connectivity index (χ1v) is 9.88. The van der Waals surface area contributed by atoms with Gasteiger partial charge in [-0.2, -0.15) is 0 Å². The molecule has 11 heteroatoms. The van der Waals surface area contributed by atoms with E-state index < -0.39 is 25.9 Å². The third-order valence-corrected chi connectivity index (χ3v) is 5.21. The molecule has 7 nitrogen and oxygen atoms in total. The summed E-state index contributed by atoms with van der Waals surface area (Å²) in [6.07, 6.45) is 1.27. The zero-order valence-corrected chi connectivity index (χ0v) is 14.3. The molecule has 120 valence electrons. The van der Waals surface area contributed by atoms with Crippen molar-refractivity contribution in [1.29, 1.82) is 0 Å². The van der Waals surface area contributed by atoms with E-state index in [9.17, 15) is 21.2 Å². The lowest BCUT2D eigenvalue weighted by Gasteiger charge is -2.10. The Morgan fingerprint density at radius 2 is 1.76 bits per heavy atom. The van der Waals surface area contributed by atoms with E-state index in [-0.39, 0.29) is 34.6 Å². The Morgan fingerprint density at radius 3 is 2.33 bits per heavy atom. The van der Waals surface area contributed by atoms with Gasteiger partial charge in [0.2, 0.25) is 20.0 Å². The van der Waals surface area contributed by atoms with Gasteiger partial charge in [-0.25, -0.2) is 30.7 Å². The number of hydrogen-bond acceptors (Lipinski definition) is 5. The van der Waals surface area contributed by atoms with Gasteiger partial charge >= 0.3 is 0 Å². The number of anilines is 1. The van der Waals surface area contributed by atoms with Crippen LogP contribution in [-0.4, -0.2) is 36.2 Å². The van der Waals surface area contributed by atoms with Crippen LogP contribution in [-0.2, 0) is 20.0 Å². The molecule has 0 amide bonds. The fourth-order valence-electron chi connectivity index (χ4n) is 1.41. The van der Waals surface area contributed by atoms with Crippen LogP contribution in [0.4, 0.5) is 10.1 Å². The Bertz CT molecular complexity index is 722. The summed E-state index contributed by atoms with van der Waals surface area (Å²) in [5.41, 5.74) is 5.28. The summed E-state index contributed by atoms with van der Waals surface area (Å²) in [5, 5.41) is 0. The third-order valence-electron chi connectivity index (χ3n) is 2.35. The molecule has 21 heavy (non-hydrogen) atoms. The molecule has 1 aromatic rings. The number of nitrogens with two attached hydrogens (primary N) is 1. The molecule has 0 aliphatic heterocycles. The van der Waals surface area contributed by atoms with Crippen molar-refractivity contribution in [3.8, 4) is 0 Å². The molecule has 0 unspecified atom stereocenters. The molecule has 0 spiro atoms. The Balaban J connectivity index is 2.68. The van der Waals surface area contributed by atoms with Crippen molar-refractivity contribution in [3.63, 3.8) is 0 Å². The predicted molar refractivity (Wildman–Crippen MR) is 81.2 cm³/mol. The molecular formula is C10H15BrFN3O4S2. The second-order valence-electron chi connectivity index (χ2n) is 4.22.